The van der Waals surface area contributed by atoms with E-state index in [2.05, 4.69) is 28.5 Å². The van der Waals surface area contributed by atoms with Crippen molar-refractivity contribution >= 4 is 5.96 Å². The zero-order chi connectivity index (χ0) is 20.8. The Bertz CT molecular complexity index is 722. The summed E-state index contributed by atoms with van der Waals surface area (Å²) in [5, 5.41) is 17.5. The van der Waals surface area contributed by atoms with Crippen LogP contribution in [0.2, 0.25) is 0 Å². The van der Waals surface area contributed by atoms with Crippen molar-refractivity contribution in [3.8, 4) is 5.75 Å². The number of phenolic OH excluding ortho intramolecular Hbond substituents is 1. The van der Waals surface area contributed by atoms with Crippen molar-refractivity contribution in [1.82, 2.24) is 15.5 Å². The molecule has 2 saturated heterocycles. The number of nitrogens with zero attached hydrogens (tertiary/aromatic N) is 2. The summed E-state index contributed by atoms with van der Waals surface area (Å²) in [6.07, 6.45) is 8.13. The number of ether oxygens (including phenoxy) is 1. The zero-order valence-electron chi connectivity index (χ0n) is 18.5. The van der Waals surface area contributed by atoms with Gasteiger partial charge in [0.25, 0.3) is 0 Å². The van der Waals surface area contributed by atoms with Gasteiger partial charge in [-0.25, -0.2) is 4.99 Å². The lowest BCUT2D eigenvalue weighted by atomic mass is 9.88. The average Bonchev–Trinajstić information content (AvgIpc) is 3.27. The summed E-state index contributed by atoms with van der Waals surface area (Å²) in [5.74, 6) is 1.98. The molecule has 2 fully saturated rings. The first-order chi connectivity index (χ1) is 14.7. The molecule has 1 aliphatic carbocycles. The molecule has 2 aliphatic heterocycles. The van der Waals surface area contributed by atoms with Crippen molar-refractivity contribution in [1.29, 1.82) is 0 Å². The van der Waals surface area contributed by atoms with Crippen LogP contribution in [0.25, 0.3) is 0 Å². The van der Waals surface area contributed by atoms with E-state index in [0.717, 1.165) is 76.0 Å². The molecule has 0 bridgehead atoms. The number of piperidine rings is 1. The van der Waals surface area contributed by atoms with E-state index in [1.165, 1.54) is 36.9 Å². The van der Waals surface area contributed by atoms with Gasteiger partial charge in [-0.2, -0.15) is 0 Å². The number of aliphatic imine (C=N–C) groups is 1. The van der Waals surface area contributed by atoms with Gasteiger partial charge in [0.2, 0.25) is 0 Å². The second-order valence-electron chi connectivity index (χ2n) is 9.05. The van der Waals surface area contributed by atoms with Crippen LogP contribution in [0.15, 0.2) is 17.1 Å². The summed E-state index contributed by atoms with van der Waals surface area (Å²) < 4.78 is 5.52. The summed E-state index contributed by atoms with van der Waals surface area (Å²) in [7, 11) is 0. The molecule has 1 atom stereocenters. The van der Waals surface area contributed by atoms with Gasteiger partial charge < -0.3 is 25.4 Å². The molecule has 1 aromatic rings. The number of aromatic hydroxyl groups is 1. The molecule has 30 heavy (non-hydrogen) atoms. The predicted octanol–water partition coefficient (Wildman–Crippen LogP) is 2.83. The fourth-order valence-corrected chi connectivity index (χ4v) is 5.09. The molecule has 6 nitrogen and oxygen atoms in total. The highest BCUT2D eigenvalue weighted by Crippen LogP contribution is 2.31. The first-order valence-corrected chi connectivity index (χ1v) is 11.9. The van der Waals surface area contributed by atoms with E-state index >= 15 is 0 Å². The maximum Gasteiger partial charge on any atom is 0.191 e. The number of fused-ring (bicyclic) bond motifs is 1. The largest absolute Gasteiger partial charge is 0.508 e. The molecule has 0 radical (unpaired) electrons. The van der Waals surface area contributed by atoms with Crippen molar-refractivity contribution in [3.63, 3.8) is 0 Å². The molecule has 0 aromatic heterocycles. The molecule has 2 heterocycles. The van der Waals surface area contributed by atoms with Crippen LogP contribution in [0, 0.1) is 5.92 Å². The van der Waals surface area contributed by atoms with Gasteiger partial charge in [0.1, 0.15) is 5.75 Å². The molecular formula is C24H38N4O2. The molecule has 3 N–H and O–H groups in total. The fourth-order valence-electron chi connectivity index (χ4n) is 5.09. The van der Waals surface area contributed by atoms with Crippen LogP contribution >= 0.6 is 0 Å². The number of hydrogen-bond acceptors (Lipinski definition) is 4. The molecule has 0 spiro atoms. The molecule has 6 heteroatoms. The Morgan fingerprint density at radius 3 is 2.80 bits per heavy atom. The average molecular weight is 415 g/mol. The Morgan fingerprint density at radius 2 is 2.03 bits per heavy atom. The Balaban J connectivity index is 1.33. The molecule has 1 unspecified atom stereocenters. The molecule has 0 saturated carbocycles. The number of nitrogens with one attached hydrogen (secondary N) is 2. The van der Waals surface area contributed by atoms with Crippen molar-refractivity contribution in [2.75, 3.05) is 39.4 Å². The minimum absolute atomic E-state index is 0.388. The Hall–Kier alpha value is -1.79. The van der Waals surface area contributed by atoms with Gasteiger partial charge >= 0.3 is 0 Å². The van der Waals surface area contributed by atoms with Crippen LogP contribution in [0.4, 0.5) is 0 Å². The molecule has 3 aliphatic rings. The van der Waals surface area contributed by atoms with Gasteiger partial charge in [0, 0.05) is 44.4 Å². The molecule has 166 valence electrons. The minimum atomic E-state index is 0.388. The third-order valence-corrected chi connectivity index (χ3v) is 6.83. The van der Waals surface area contributed by atoms with Crippen molar-refractivity contribution < 1.29 is 9.84 Å². The summed E-state index contributed by atoms with van der Waals surface area (Å²) in [6, 6.07) is 4.39. The highest BCUT2D eigenvalue weighted by molar-refractivity contribution is 5.80. The number of rotatable bonds is 6. The lowest BCUT2D eigenvalue weighted by Gasteiger charge is -2.34. The normalized spacial score (nSPS) is 23.4. The molecule has 1 aromatic carbocycles. The van der Waals surface area contributed by atoms with E-state index in [-0.39, 0.29) is 0 Å². The number of guanidine groups is 1. The highest BCUT2D eigenvalue weighted by Gasteiger charge is 2.24. The summed E-state index contributed by atoms with van der Waals surface area (Å²) >= 11 is 0. The summed E-state index contributed by atoms with van der Waals surface area (Å²) in [4.78, 5) is 7.45. The number of benzene rings is 1. The Labute approximate surface area is 181 Å². The Kier molecular flexibility index (Phi) is 7.50. The van der Waals surface area contributed by atoms with E-state index in [0.29, 0.717) is 18.3 Å². The van der Waals surface area contributed by atoms with E-state index < -0.39 is 0 Å². The summed E-state index contributed by atoms with van der Waals surface area (Å²) in [5.41, 5.74) is 3.73. The van der Waals surface area contributed by atoms with Crippen molar-refractivity contribution in [2.45, 2.75) is 64.5 Å². The monoisotopic (exact) mass is 414 g/mol. The van der Waals surface area contributed by atoms with Crippen LogP contribution in [0.5, 0.6) is 5.75 Å². The number of phenols is 1. The smallest absolute Gasteiger partial charge is 0.191 e. The SMILES string of the molecule is CCNC(=NCc1c(O)ccc2c1CCCC2)NC1CCN(CC2CCOC2)CC1. The maximum absolute atomic E-state index is 10.5. The predicted molar refractivity (Wildman–Crippen MR) is 121 cm³/mol. The minimum Gasteiger partial charge on any atom is -0.508 e. The topological polar surface area (TPSA) is 69.1 Å². The quantitative estimate of drug-likeness (QED) is 0.493. The number of hydrogen-bond donors (Lipinski definition) is 3. The number of likely N-dealkylation sites (tertiary alicyclic amines) is 1. The summed E-state index contributed by atoms with van der Waals surface area (Å²) in [6.45, 7) is 8.80. The van der Waals surface area contributed by atoms with Crippen LogP contribution in [0.3, 0.4) is 0 Å². The highest BCUT2D eigenvalue weighted by atomic mass is 16.5. The molecular weight excluding hydrogens is 376 g/mol. The lowest BCUT2D eigenvalue weighted by molar-refractivity contribution is 0.150. The van der Waals surface area contributed by atoms with Crippen LogP contribution in [-0.4, -0.2) is 61.4 Å². The second kappa shape index (κ2) is 10.5. The van der Waals surface area contributed by atoms with Crippen LogP contribution in [0.1, 0.15) is 55.7 Å². The van der Waals surface area contributed by atoms with Crippen LogP contribution in [-0.2, 0) is 24.1 Å². The van der Waals surface area contributed by atoms with Crippen molar-refractivity contribution in [2.24, 2.45) is 10.9 Å². The van der Waals surface area contributed by atoms with Crippen LogP contribution < -0.4 is 10.6 Å². The third kappa shape index (κ3) is 5.46. The van der Waals surface area contributed by atoms with E-state index in [1.807, 2.05) is 6.07 Å². The van der Waals surface area contributed by atoms with Crippen molar-refractivity contribution in [3.05, 3.63) is 28.8 Å². The van der Waals surface area contributed by atoms with Gasteiger partial charge in [-0.05, 0) is 75.0 Å². The van der Waals surface area contributed by atoms with Gasteiger partial charge in [0.05, 0.1) is 13.2 Å². The van der Waals surface area contributed by atoms with Gasteiger partial charge in [-0.15, -0.1) is 0 Å². The molecule has 0 amide bonds. The van der Waals surface area contributed by atoms with E-state index in [1.54, 1.807) is 0 Å². The van der Waals surface area contributed by atoms with E-state index in [9.17, 15) is 5.11 Å². The Morgan fingerprint density at radius 1 is 1.20 bits per heavy atom. The van der Waals surface area contributed by atoms with E-state index in [4.69, 9.17) is 9.73 Å². The standard InChI is InChI=1S/C24H38N4O2/c1-2-25-24(26-15-22-21-6-4-3-5-19(21)7-8-23(22)29)27-20-9-12-28(13-10-20)16-18-11-14-30-17-18/h7-8,18,20,29H,2-6,9-17H2,1H3,(H2,25,26,27). The van der Waals surface area contributed by atoms with Gasteiger partial charge in [-0.1, -0.05) is 6.07 Å². The first-order valence-electron chi connectivity index (χ1n) is 11.9. The fraction of sp³-hybridized carbons (Fsp3) is 0.708. The number of aryl methyl sites for hydroxylation is 1. The van der Waals surface area contributed by atoms with Gasteiger partial charge in [0.15, 0.2) is 5.96 Å². The second-order valence-corrected chi connectivity index (χ2v) is 9.05. The first kappa shape index (κ1) is 21.4. The third-order valence-electron chi connectivity index (χ3n) is 6.83. The maximum atomic E-state index is 10.5. The lowest BCUT2D eigenvalue weighted by Crippen LogP contribution is -2.49. The van der Waals surface area contributed by atoms with Gasteiger partial charge in [-0.3, -0.25) is 0 Å². The zero-order valence-corrected chi connectivity index (χ0v) is 18.5. The molecule has 4 rings (SSSR count).